The van der Waals surface area contributed by atoms with Gasteiger partial charge in [0.15, 0.2) is 0 Å². The van der Waals surface area contributed by atoms with Gasteiger partial charge in [-0.05, 0) is 83.1 Å². The molecule has 2 aliphatic rings. The summed E-state index contributed by atoms with van der Waals surface area (Å²) in [4.78, 5) is 15.4. The van der Waals surface area contributed by atoms with Gasteiger partial charge in [-0.2, -0.15) is 4.31 Å². The molecule has 8 heteroatoms. The molecule has 0 spiro atoms. The number of rotatable bonds is 4. The molecule has 4 aromatic carbocycles. The van der Waals surface area contributed by atoms with Crippen LogP contribution in [-0.2, 0) is 16.4 Å². The Morgan fingerprint density at radius 3 is 2.16 bits per heavy atom. The van der Waals surface area contributed by atoms with Gasteiger partial charge in [0.1, 0.15) is 0 Å². The second-order valence-corrected chi connectivity index (χ2v) is 14.0. The number of pyridine rings is 1. The van der Waals surface area contributed by atoms with E-state index in [9.17, 15) is 8.42 Å². The van der Waals surface area contributed by atoms with E-state index in [-0.39, 0.29) is 5.75 Å². The standard InChI is InChI=1S/C29H31N3O2S.C8H6N2/c1-2-35(33,34)32-18-16-31(17-19-32)22-11-15-29(30-20-22)28-9-5-8-24-26-12-10-21-6-3-4-7-23(21)25(26)13-14-27(24)28;1-2-4-8-7(3-1)9-5-6-10-8/h3-4,6-7,10-15,20,28H,2,5,8-9,16-19H2,1H3;1-6H. The zero-order chi connectivity index (χ0) is 30.8. The maximum absolute atomic E-state index is 12.2. The lowest BCUT2D eigenvalue weighted by Gasteiger charge is -2.35. The topological polar surface area (TPSA) is 79.3 Å². The number of anilines is 1. The number of fused-ring (bicyclic) bond motifs is 6. The number of aromatic nitrogens is 3. The van der Waals surface area contributed by atoms with Gasteiger partial charge in [0, 0.05) is 50.2 Å². The van der Waals surface area contributed by atoms with Crippen molar-refractivity contribution in [2.24, 2.45) is 0 Å². The van der Waals surface area contributed by atoms with Crippen molar-refractivity contribution in [2.75, 3.05) is 36.8 Å². The zero-order valence-corrected chi connectivity index (χ0v) is 26.3. The Labute approximate surface area is 264 Å². The molecule has 6 aromatic rings. The van der Waals surface area contributed by atoms with Crippen LogP contribution < -0.4 is 4.90 Å². The van der Waals surface area contributed by atoms with Crippen LogP contribution in [0.15, 0.2) is 104 Å². The van der Waals surface area contributed by atoms with Gasteiger partial charge in [-0.25, -0.2) is 8.42 Å². The van der Waals surface area contributed by atoms with Crippen LogP contribution in [0, 0.1) is 0 Å². The average molecular weight is 616 g/mol. The number of hydrogen-bond acceptors (Lipinski definition) is 6. The number of nitrogens with zero attached hydrogens (tertiary/aromatic N) is 5. The average Bonchev–Trinajstić information content (AvgIpc) is 3.11. The Balaban J connectivity index is 0.000000275. The van der Waals surface area contributed by atoms with Crippen molar-refractivity contribution in [3.8, 4) is 0 Å². The monoisotopic (exact) mass is 615 g/mol. The summed E-state index contributed by atoms with van der Waals surface area (Å²) in [5, 5.41) is 5.33. The fraction of sp³-hybridized carbons (Fsp3) is 0.270. The molecule has 7 nitrogen and oxygen atoms in total. The molecule has 0 saturated carbocycles. The summed E-state index contributed by atoms with van der Waals surface area (Å²) in [7, 11) is -3.11. The van der Waals surface area contributed by atoms with Gasteiger partial charge in [0.05, 0.1) is 28.7 Å². The third-order valence-electron chi connectivity index (χ3n) is 9.23. The number of piperazine rings is 1. The van der Waals surface area contributed by atoms with Crippen LogP contribution in [0.4, 0.5) is 5.69 Å². The lowest BCUT2D eigenvalue weighted by molar-refractivity contribution is 0.385. The quantitative estimate of drug-likeness (QED) is 0.200. The molecule has 1 saturated heterocycles. The molecule has 0 N–H and O–H groups in total. The van der Waals surface area contributed by atoms with Crippen LogP contribution >= 0.6 is 0 Å². The van der Waals surface area contributed by atoms with Gasteiger partial charge in [0.25, 0.3) is 0 Å². The summed E-state index contributed by atoms with van der Waals surface area (Å²) in [5.74, 6) is 0.479. The molecule has 2 aromatic heterocycles. The SMILES string of the molecule is CCS(=O)(=O)N1CCN(c2ccc(C3CCCc4c3ccc3c4ccc4ccccc43)nc2)CC1.c1ccc2nccnc2c1. The van der Waals surface area contributed by atoms with E-state index in [0.717, 1.165) is 35.3 Å². The van der Waals surface area contributed by atoms with Crippen LogP contribution in [0.5, 0.6) is 0 Å². The van der Waals surface area contributed by atoms with Gasteiger partial charge < -0.3 is 4.90 Å². The molecule has 0 radical (unpaired) electrons. The molecule has 1 aliphatic heterocycles. The van der Waals surface area contributed by atoms with Crippen LogP contribution in [0.1, 0.15) is 42.5 Å². The van der Waals surface area contributed by atoms with Crippen molar-refractivity contribution < 1.29 is 8.42 Å². The maximum atomic E-state index is 12.2. The third kappa shape index (κ3) is 5.88. The molecule has 1 unspecified atom stereocenters. The van der Waals surface area contributed by atoms with E-state index < -0.39 is 10.0 Å². The maximum Gasteiger partial charge on any atom is 0.213 e. The van der Waals surface area contributed by atoms with E-state index in [2.05, 4.69) is 75.5 Å². The van der Waals surface area contributed by atoms with Crippen LogP contribution in [0.2, 0.25) is 0 Å². The first-order valence-corrected chi connectivity index (χ1v) is 17.4. The first-order valence-electron chi connectivity index (χ1n) is 15.8. The molecule has 0 amide bonds. The van der Waals surface area contributed by atoms with Crippen molar-refractivity contribution >= 4 is 48.3 Å². The van der Waals surface area contributed by atoms with E-state index in [4.69, 9.17) is 4.98 Å². The highest BCUT2D eigenvalue weighted by Gasteiger charge is 2.27. The van der Waals surface area contributed by atoms with Crippen molar-refractivity contribution in [3.63, 3.8) is 0 Å². The minimum absolute atomic E-state index is 0.164. The predicted octanol–water partition coefficient (Wildman–Crippen LogP) is 6.96. The largest absolute Gasteiger partial charge is 0.368 e. The Bertz CT molecular complexity index is 2010. The Morgan fingerprint density at radius 2 is 1.44 bits per heavy atom. The zero-order valence-electron chi connectivity index (χ0n) is 25.5. The van der Waals surface area contributed by atoms with Crippen molar-refractivity contribution in [2.45, 2.75) is 32.1 Å². The first kappa shape index (κ1) is 29.3. The summed E-state index contributed by atoms with van der Waals surface area (Å²) >= 11 is 0. The van der Waals surface area contributed by atoms with E-state index >= 15 is 0 Å². The Hall–Kier alpha value is -4.40. The van der Waals surface area contributed by atoms with Crippen LogP contribution in [-0.4, -0.2) is 59.6 Å². The summed E-state index contributed by atoms with van der Waals surface area (Å²) in [6.45, 7) is 4.18. The summed E-state index contributed by atoms with van der Waals surface area (Å²) < 4.78 is 25.9. The smallest absolute Gasteiger partial charge is 0.213 e. The number of para-hydroxylation sites is 2. The van der Waals surface area contributed by atoms with Gasteiger partial charge in [-0.15, -0.1) is 0 Å². The first-order chi connectivity index (χ1) is 22.0. The Kier molecular flexibility index (Phi) is 8.17. The molecule has 0 bridgehead atoms. The molecular weight excluding hydrogens is 579 g/mol. The molecule has 1 atom stereocenters. The fourth-order valence-electron chi connectivity index (χ4n) is 6.83. The Morgan fingerprint density at radius 1 is 0.733 bits per heavy atom. The highest BCUT2D eigenvalue weighted by atomic mass is 32.2. The highest BCUT2D eigenvalue weighted by molar-refractivity contribution is 7.89. The second-order valence-electron chi connectivity index (χ2n) is 11.7. The number of sulfonamides is 1. The van der Waals surface area contributed by atoms with Gasteiger partial charge in [-0.3, -0.25) is 15.0 Å². The molecule has 8 rings (SSSR count). The normalized spacial score (nSPS) is 17.2. The number of hydrogen-bond donors (Lipinski definition) is 0. The lowest BCUT2D eigenvalue weighted by atomic mass is 9.78. The van der Waals surface area contributed by atoms with Crippen molar-refractivity contribution in [1.29, 1.82) is 0 Å². The van der Waals surface area contributed by atoms with E-state index in [1.165, 1.54) is 39.1 Å². The molecule has 1 aliphatic carbocycles. The number of benzene rings is 4. The molecule has 228 valence electrons. The number of aryl methyl sites for hydroxylation is 1. The molecule has 1 fully saturated rings. The van der Waals surface area contributed by atoms with E-state index in [1.807, 2.05) is 30.5 Å². The van der Waals surface area contributed by atoms with Gasteiger partial charge >= 0.3 is 0 Å². The minimum Gasteiger partial charge on any atom is -0.368 e. The highest BCUT2D eigenvalue weighted by Crippen LogP contribution is 2.41. The van der Waals surface area contributed by atoms with Gasteiger partial charge in [-0.1, -0.05) is 60.7 Å². The van der Waals surface area contributed by atoms with E-state index in [0.29, 0.717) is 32.1 Å². The van der Waals surface area contributed by atoms with Crippen LogP contribution in [0.3, 0.4) is 0 Å². The summed E-state index contributed by atoms with van der Waals surface area (Å²) in [6.07, 6.45) is 8.77. The van der Waals surface area contributed by atoms with Gasteiger partial charge in [0.2, 0.25) is 10.0 Å². The third-order valence-corrected chi connectivity index (χ3v) is 11.1. The summed E-state index contributed by atoms with van der Waals surface area (Å²) in [6, 6.07) is 30.0. The molecular formula is C37H37N5O2S. The van der Waals surface area contributed by atoms with Crippen LogP contribution in [0.25, 0.3) is 32.6 Å². The molecule has 3 heterocycles. The van der Waals surface area contributed by atoms with Crippen molar-refractivity contribution in [1.82, 2.24) is 19.3 Å². The molecule has 45 heavy (non-hydrogen) atoms. The second kappa shape index (κ2) is 12.5. The lowest BCUT2D eigenvalue weighted by Crippen LogP contribution is -2.49. The minimum atomic E-state index is -3.11. The summed E-state index contributed by atoms with van der Waals surface area (Å²) in [5.41, 5.74) is 6.99. The predicted molar refractivity (Wildman–Crippen MR) is 183 cm³/mol. The van der Waals surface area contributed by atoms with Crippen molar-refractivity contribution in [3.05, 3.63) is 120 Å². The van der Waals surface area contributed by atoms with E-state index in [1.54, 1.807) is 23.6 Å². The fourth-order valence-corrected chi connectivity index (χ4v) is 7.91.